The molecule has 0 aromatic heterocycles. The van der Waals surface area contributed by atoms with E-state index in [9.17, 15) is 14.4 Å². The minimum Gasteiger partial charge on any atom is -0.480 e. The number of hydrogen-bond donors (Lipinski definition) is 2. The second-order valence-corrected chi connectivity index (χ2v) is 12.8. The number of carbonyl (C=O) groups excluding carboxylic acids is 2. The van der Waals surface area contributed by atoms with E-state index in [1.807, 2.05) is 6.08 Å². The van der Waals surface area contributed by atoms with Crippen LogP contribution in [0.15, 0.2) is 109 Å². The van der Waals surface area contributed by atoms with E-state index in [2.05, 4.69) is 122 Å². The first-order valence-electron chi connectivity index (χ1n) is 20.0. The highest BCUT2D eigenvalue weighted by atomic mass is 16.5. The molecule has 2 N–H and O–H groups in total. The molecule has 0 heterocycles. The fraction of sp³-hybridized carbons (Fsp3) is 0.543. The second-order valence-electron chi connectivity index (χ2n) is 12.8. The molecule has 0 aromatic carbocycles. The number of esters is 1. The lowest BCUT2D eigenvalue weighted by Crippen LogP contribution is -2.28. The predicted octanol–water partition coefficient (Wildman–Crippen LogP) is 12.3. The Hall–Kier alpha value is -3.93. The number of amides is 1. The van der Waals surface area contributed by atoms with Gasteiger partial charge in [0.25, 0.3) is 0 Å². The van der Waals surface area contributed by atoms with Crippen molar-refractivity contribution in [3.8, 4) is 0 Å². The number of nitrogens with one attached hydrogen (secondary N) is 1. The summed E-state index contributed by atoms with van der Waals surface area (Å²) in [5.41, 5.74) is 0. The Morgan fingerprint density at radius 3 is 1.44 bits per heavy atom. The summed E-state index contributed by atoms with van der Waals surface area (Å²) < 4.78 is 5.88. The van der Waals surface area contributed by atoms with Gasteiger partial charge in [-0.05, 0) is 102 Å². The summed E-state index contributed by atoms with van der Waals surface area (Å²) in [5.74, 6) is -1.36. The lowest BCUT2D eigenvalue weighted by molar-refractivity contribution is -0.147. The van der Waals surface area contributed by atoms with Gasteiger partial charge in [0, 0.05) is 12.8 Å². The molecule has 0 saturated heterocycles. The third-order valence-corrected chi connectivity index (χ3v) is 7.92. The molecule has 0 saturated carbocycles. The van der Waals surface area contributed by atoms with Gasteiger partial charge in [0.15, 0.2) is 0 Å². The molecule has 0 bridgehead atoms. The molecular formula is C46H71NO5. The SMILES string of the molecule is CC/C=C\C/C=C\C/C=C\C/C=C\C/C=C\C/C=C\CCCCC(=O)OC(/C=C\C/C=C\C/C=C\CC)CCCCCCCCC(=O)NCC(=O)O. The quantitative estimate of drug-likeness (QED) is 0.0393. The van der Waals surface area contributed by atoms with E-state index >= 15 is 0 Å². The molecule has 0 radical (unpaired) electrons. The van der Waals surface area contributed by atoms with Crippen LogP contribution in [0.1, 0.15) is 149 Å². The first-order valence-corrected chi connectivity index (χ1v) is 20.0. The van der Waals surface area contributed by atoms with Gasteiger partial charge in [-0.15, -0.1) is 0 Å². The van der Waals surface area contributed by atoms with Crippen LogP contribution in [0, 0.1) is 0 Å². The van der Waals surface area contributed by atoms with Gasteiger partial charge in [0.05, 0.1) is 0 Å². The first-order chi connectivity index (χ1) is 25.5. The molecule has 0 rings (SSSR count). The van der Waals surface area contributed by atoms with E-state index in [4.69, 9.17) is 9.84 Å². The predicted molar refractivity (Wildman–Crippen MR) is 221 cm³/mol. The van der Waals surface area contributed by atoms with Crippen LogP contribution in [0.3, 0.4) is 0 Å². The Labute approximate surface area is 317 Å². The summed E-state index contributed by atoms with van der Waals surface area (Å²) in [6, 6.07) is 0. The summed E-state index contributed by atoms with van der Waals surface area (Å²) >= 11 is 0. The van der Waals surface area contributed by atoms with Crippen LogP contribution in [0.2, 0.25) is 0 Å². The normalized spacial score (nSPS) is 13.3. The van der Waals surface area contributed by atoms with Gasteiger partial charge in [-0.2, -0.15) is 0 Å². The lowest BCUT2D eigenvalue weighted by atomic mass is 10.1. The molecule has 52 heavy (non-hydrogen) atoms. The van der Waals surface area contributed by atoms with Crippen LogP contribution in [0.25, 0.3) is 0 Å². The monoisotopic (exact) mass is 718 g/mol. The highest BCUT2D eigenvalue weighted by Gasteiger charge is 2.11. The number of hydrogen-bond acceptors (Lipinski definition) is 4. The molecule has 0 aliphatic heterocycles. The Bertz CT molecular complexity index is 1150. The summed E-state index contributed by atoms with van der Waals surface area (Å²) in [6.07, 6.45) is 58.0. The third-order valence-electron chi connectivity index (χ3n) is 7.92. The number of carbonyl (C=O) groups is 3. The van der Waals surface area contributed by atoms with Crippen molar-refractivity contribution in [3.05, 3.63) is 109 Å². The minimum atomic E-state index is -1.03. The summed E-state index contributed by atoms with van der Waals surface area (Å²) in [4.78, 5) is 34.8. The van der Waals surface area contributed by atoms with Crippen LogP contribution in [0.4, 0.5) is 0 Å². The number of carboxylic acids is 1. The number of unbranched alkanes of at least 4 members (excludes halogenated alkanes) is 7. The lowest BCUT2D eigenvalue weighted by Gasteiger charge is -2.14. The zero-order chi connectivity index (χ0) is 38.0. The van der Waals surface area contributed by atoms with Crippen molar-refractivity contribution in [2.75, 3.05) is 6.54 Å². The maximum absolute atomic E-state index is 12.7. The van der Waals surface area contributed by atoms with E-state index < -0.39 is 5.97 Å². The molecule has 0 aliphatic rings. The van der Waals surface area contributed by atoms with E-state index in [0.29, 0.717) is 12.8 Å². The first kappa shape index (κ1) is 48.1. The molecule has 0 aliphatic carbocycles. The minimum absolute atomic E-state index is 0.126. The molecule has 1 atom stereocenters. The average Bonchev–Trinajstić information content (AvgIpc) is 3.13. The molecular weight excluding hydrogens is 647 g/mol. The average molecular weight is 718 g/mol. The van der Waals surface area contributed by atoms with Gasteiger partial charge < -0.3 is 15.2 Å². The maximum atomic E-state index is 12.7. The Kier molecular flexibility index (Phi) is 36.8. The Balaban J connectivity index is 4.26. The van der Waals surface area contributed by atoms with Gasteiger partial charge >= 0.3 is 11.9 Å². The molecule has 6 heteroatoms. The largest absolute Gasteiger partial charge is 0.480 e. The van der Waals surface area contributed by atoms with Crippen LogP contribution in [0.5, 0.6) is 0 Å². The fourth-order valence-electron chi connectivity index (χ4n) is 5.04. The van der Waals surface area contributed by atoms with E-state index in [-0.39, 0.29) is 24.5 Å². The van der Waals surface area contributed by atoms with Crippen molar-refractivity contribution in [2.24, 2.45) is 0 Å². The van der Waals surface area contributed by atoms with Gasteiger partial charge in [-0.1, -0.05) is 143 Å². The Morgan fingerprint density at radius 1 is 0.519 bits per heavy atom. The second kappa shape index (κ2) is 39.8. The van der Waals surface area contributed by atoms with E-state index in [1.165, 1.54) is 0 Å². The highest BCUT2D eigenvalue weighted by Crippen LogP contribution is 2.14. The number of ether oxygens (including phenoxy) is 1. The van der Waals surface area contributed by atoms with Crippen molar-refractivity contribution in [1.29, 1.82) is 0 Å². The van der Waals surface area contributed by atoms with Crippen LogP contribution in [-0.2, 0) is 19.1 Å². The highest BCUT2D eigenvalue weighted by molar-refractivity contribution is 5.80. The summed E-state index contributed by atoms with van der Waals surface area (Å²) in [6.45, 7) is 3.96. The topological polar surface area (TPSA) is 92.7 Å². The van der Waals surface area contributed by atoms with Gasteiger partial charge in [0.1, 0.15) is 12.6 Å². The third kappa shape index (κ3) is 38.9. The molecule has 0 aromatic rings. The zero-order valence-electron chi connectivity index (χ0n) is 32.6. The van der Waals surface area contributed by atoms with Crippen molar-refractivity contribution in [1.82, 2.24) is 5.32 Å². The van der Waals surface area contributed by atoms with Crippen molar-refractivity contribution >= 4 is 17.8 Å². The van der Waals surface area contributed by atoms with Crippen LogP contribution < -0.4 is 5.32 Å². The smallest absolute Gasteiger partial charge is 0.322 e. The number of carboxylic acid groups (broad SMARTS) is 1. The summed E-state index contributed by atoms with van der Waals surface area (Å²) in [7, 11) is 0. The maximum Gasteiger partial charge on any atom is 0.322 e. The van der Waals surface area contributed by atoms with Gasteiger partial charge in [0.2, 0.25) is 5.91 Å². The fourth-order valence-corrected chi connectivity index (χ4v) is 5.04. The van der Waals surface area contributed by atoms with Crippen LogP contribution >= 0.6 is 0 Å². The van der Waals surface area contributed by atoms with Crippen molar-refractivity contribution < 1.29 is 24.2 Å². The van der Waals surface area contributed by atoms with E-state index in [0.717, 1.165) is 122 Å². The van der Waals surface area contributed by atoms with Crippen molar-refractivity contribution in [3.63, 3.8) is 0 Å². The van der Waals surface area contributed by atoms with Crippen LogP contribution in [-0.4, -0.2) is 35.6 Å². The van der Waals surface area contributed by atoms with Gasteiger partial charge in [-0.3, -0.25) is 14.4 Å². The van der Waals surface area contributed by atoms with Crippen molar-refractivity contribution in [2.45, 2.75) is 155 Å². The molecule has 290 valence electrons. The molecule has 1 amide bonds. The standard InChI is InChI=1S/C46H71NO5/c1-3-5-7-9-11-13-14-15-16-17-18-19-20-21-22-23-24-25-27-33-37-41-46(51)52-43(38-34-30-26-12-10-8-6-4-2)39-35-31-28-29-32-36-40-44(48)47-42-45(49)50/h5-8,11-13,15-16,18-19,21-22,24-26,34,38,43H,3-4,9-10,14,17,20,23,27-33,35-37,39-42H2,1-2H3,(H,47,48)(H,49,50)/b7-5-,8-6-,13-11-,16-15-,19-18-,22-21-,25-24-,26-12-,38-34-. The molecule has 0 spiro atoms. The molecule has 0 fully saturated rings. The zero-order valence-corrected chi connectivity index (χ0v) is 32.6. The summed E-state index contributed by atoms with van der Waals surface area (Å²) in [5, 5.41) is 11.0. The molecule has 1 unspecified atom stereocenters. The molecule has 6 nitrogen and oxygen atoms in total. The van der Waals surface area contributed by atoms with Gasteiger partial charge in [-0.25, -0.2) is 0 Å². The van der Waals surface area contributed by atoms with E-state index in [1.54, 1.807) is 0 Å². The Morgan fingerprint density at radius 2 is 0.942 bits per heavy atom. The number of allylic oxidation sites excluding steroid dienone is 17. The number of aliphatic carboxylic acids is 1. The number of rotatable bonds is 34.